The Balaban J connectivity index is 1.82. The first-order chi connectivity index (χ1) is 19.5. The van der Waals surface area contributed by atoms with Crippen LogP contribution in [0.25, 0.3) is 10.8 Å². The van der Waals surface area contributed by atoms with Crippen molar-refractivity contribution in [1.82, 2.24) is 0 Å². The van der Waals surface area contributed by atoms with Crippen molar-refractivity contribution in [2.75, 3.05) is 0 Å². The summed E-state index contributed by atoms with van der Waals surface area (Å²) < 4.78 is 34.4. The van der Waals surface area contributed by atoms with Crippen molar-refractivity contribution in [3.05, 3.63) is 41.5 Å². The second-order valence-electron chi connectivity index (χ2n) is 12.1. The summed E-state index contributed by atoms with van der Waals surface area (Å²) in [6, 6.07) is 9.85. The van der Waals surface area contributed by atoms with E-state index in [2.05, 4.69) is 26.0 Å². The van der Waals surface area contributed by atoms with Crippen LogP contribution in [0.4, 0.5) is 0 Å². The van der Waals surface area contributed by atoms with Gasteiger partial charge >= 0.3 is 0 Å². The minimum absolute atomic E-state index is 0.0962. The first-order valence-electron chi connectivity index (χ1n) is 17.0. The van der Waals surface area contributed by atoms with Gasteiger partial charge in [0.25, 0.3) is 10.1 Å². The molecule has 0 aliphatic rings. The molecule has 0 fully saturated rings. The van der Waals surface area contributed by atoms with Crippen LogP contribution in [-0.4, -0.2) is 13.0 Å². The molecule has 0 heterocycles. The number of aryl methyl sites for hydroxylation is 2. The molecular formula is C36H60O3S. The van der Waals surface area contributed by atoms with Gasteiger partial charge in [-0.1, -0.05) is 167 Å². The maximum absolute atomic E-state index is 12.2. The average Bonchev–Trinajstić information content (AvgIpc) is 2.94. The van der Waals surface area contributed by atoms with E-state index in [1.54, 1.807) is 6.07 Å². The third kappa shape index (κ3) is 14.0. The highest BCUT2D eigenvalue weighted by Gasteiger charge is 2.18. The number of hydrogen-bond donors (Lipinski definition) is 1. The maximum Gasteiger partial charge on any atom is 0.294 e. The van der Waals surface area contributed by atoms with Crippen molar-refractivity contribution >= 4 is 20.9 Å². The molecule has 228 valence electrons. The average molecular weight is 573 g/mol. The topological polar surface area (TPSA) is 54.4 Å². The minimum atomic E-state index is -4.24. The normalized spacial score (nSPS) is 12.0. The Bertz CT molecular complexity index is 1030. The highest BCUT2D eigenvalue weighted by atomic mass is 32.2. The van der Waals surface area contributed by atoms with Crippen LogP contribution in [0.1, 0.15) is 166 Å². The molecule has 0 aromatic heterocycles. The summed E-state index contributed by atoms with van der Waals surface area (Å²) in [4.78, 5) is 0.0962. The largest absolute Gasteiger partial charge is 0.294 e. The second-order valence-corrected chi connectivity index (χ2v) is 13.5. The van der Waals surface area contributed by atoms with Crippen molar-refractivity contribution in [2.45, 2.75) is 173 Å². The van der Waals surface area contributed by atoms with Gasteiger partial charge in [0.15, 0.2) is 0 Å². The molecule has 2 aromatic rings. The predicted octanol–water partition coefficient (Wildman–Crippen LogP) is 11.8. The van der Waals surface area contributed by atoms with Crippen molar-refractivity contribution in [3.8, 4) is 0 Å². The van der Waals surface area contributed by atoms with Gasteiger partial charge in [0, 0.05) is 0 Å². The van der Waals surface area contributed by atoms with E-state index in [1.165, 1.54) is 134 Å². The van der Waals surface area contributed by atoms with E-state index in [4.69, 9.17) is 0 Å². The monoisotopic (exact) mass is 572 g/mol. The molecular weight excluding hydrogens is 512 g/mol. The van der Waals surface area contributed by atoms with Crippen molar-refractivity contribution in [2.24, 2.45) is 0 Å². The quantitative estimate of drug-likeness (QED) is 0.0950. The number of benzene rings is 2. The van der Waals surface area contributed by atoms with Gasteiger partial charge in [0.1, 0.15) is 0 Å². The van der Waals surface area contributed by atoms with Crippen molar-refractivity contribution < 1.29 is 13.0 Å². The van der Waals surface area contributed by atoms with Gasteiger partial charge in [-0.3, -0.25) is 4.55 Å². The van der Waals surface area contributed by atoms with Gasteiger partial charge in [-0.2, -0.15) is 8.42 Å². The van der Waals surface area contributed by atoms with Gasteiger partial charge in [0.05, 0.1) is 4.90 Å². The third-order valence-electron chi connectivity index (χ3n) is 8.58. The summed E-state index contributed by atoms with van der Waals surface area (Å²) in [5, 5.41) is 2.16. The number of rotatable bonds is 25. The first kappa shape index (κ1) is 34.8. The summed E-state index contributed by atoms with van der Waals surface area (Å²) in [5.41, 5.74) is 2.10. The summed E-state index contributed by atoms with van der Waals surface area (Å²) in [6.45, 7) is 4.53. The highest BCUT2D eigenvalue weighted by Crippen LogP contribution is 2.31. The Morgan fingerprint density at radius 2 is 0.925 bits per heavy atom. The van der Waals surface area contributed by atoms with Crippen LogP contribution in [0.3, 0.4) is 0 Å². The van der Waals surface area contributed by atoms with Crippen LogP contribution in [0.15, 0.2) is 35.2 Å². The van der Waals surface area contributed by atoms with Crippen LogP contribution >= 0.6 is 0 Å². The maximum atomic E-state index is 12.2. The highest BCUT2D eigenvalue weighted by molar-refractivity contribution is 7.85. The van der Waals surface area contributed by atoms with E-state index >= 15 is 0 Å². The van der Waals surface area contributed by atoms with Gasteiger partial charge in [-0.15, -0.1) is 0 Å². The van der Waals surface area contributed by atoms with Crippen molar-refractivity contribution in [1.29, 1.82) is 0 Å². The Kier molecular flexibility index (Phi) is 18.6. The van der Waals surface area contributed by atoms with Crippen LogP contribution in [-0.2, 0) is 23.0 Å². The lowest BCUT2D eigenvalue weighted by Crippen LogP contribution is -2.05. The Hall–Kier alpha value is -1.39. The Morgan fingerprint density at radius 3 is 1.38 bits per heavy atom. The Labute approximate surface area is 247 Å². The molecule has 0 spiro atoms. The van der Waals surface area contributed by atoms with Gasteiger partial charge in [-0.05, 0) is 53.6 Å². The smallest absolute Gasteiger partial charge is 0.282 e. The van der Waals surface area contributed by atoms with Gasteiger partial charge in [0.2, 0.25) is 0 Å². The molecule has 4 heteroatoms. The third-order valence-corrected chi connectivity index (χ3v) is 9.52. The van der Waals surface area contributed by atoms with E-state index in [9.17, 15) is 13.0 Å². The molecule has 2 rings (SSSR count). The summed E-state index contributed by atoms with van der Waals surface area (Å²) in [6.07, 6.45) is 30.3. The predicted molar refractivity (Wildman–Crippen MR) is 174 cm³/mol. The summed E-state index contributed by atoms with van der Waals surface area (Å²) in [7, 11) is -4.24. The molecule has 0 bridgehead atoms. The second kappa shape index (κ2) is 21.3. The molecule has 1 N–H and O–H groups in total. The number of hydrogen-bond acceptors (Lipinski definition) is 2. The van der Waals surface area contributed by atoms with E-state index in [0.29, 0.717) is 6.42 Å². The molecule has 2 aromatic carbocycles. The van der Waals surface area contributed by atoms with E-state index in [-0.39, 0.29) is 4.90 Å². The van der Waals surface area contributed by atoms with Gasteiger partial charge in [-0.25, -0.2) is 0 Å². The zero-order valence-corrected chi connectivity index (χ0v) is 26.8. The van der Waals surface area contributed by atoms with E-state index < -0.39 is 10.1 Å². The molecule has 40 heavy (non-hydrogen) atoms. The van der Waals surface area contributed by atoms with Crippen molar-refractivity contribution in [3.63, 3.8) is 0 Å². The Morgan fingerprint density at radius 1 is 0.500 bits per heavy atom. The SMILES string of the molecule is CCCCCCCCCCCCCc1cccc2c(CCCCCCCCCCCCC)c(S(=O)(=O)O)ccc12. The fraction of sp³-hybridized carbons (Fsp3) is 0.722. The molecule has 0 radical (unpaired) electrons. The summed E-state index contributed by atoms with van der Waals surface area (Å²) >= 11 is 0. The zero-order chi connectivity index (χ0) is 28.9. The lowest BCUT2D eigenvalue weighted by Gasteiger charge is -2.14. The standard InChI is InChI=1S/C36H60O3S/c1-3-5-7-9-11-13-15-17-19-21-23-26-32-27-25-29-34-33(32)30-31-36(40(37,38)39)35(34)28-24-22-20-18-16-14-12-10-8-6-4-2/h25,27,29-31H,3-24,26,28H2,1-2H3,(H,37,38,39). The van der Waals surface area contributed by atoms with Crippen LogP contribution in [0.2, 0.25) is 0 Å². The molecule has 0 atom stereocenters. The van der Waals surface area contributed by atoms with E-state index in [0.717, 1.165) is 35.6 Å². The van der Waals surface area contributed by atoms with Crippen LogP contribution < -0.4 is 0 Å². The minimum Gasteiger partial charge on any atom is -0.282 e. The lowest BCUT2D eigenvalue weighted by molar-refractivity contribution is 0.482. The molecule has 0 aliphatic heterocycles. The van der Waals surface area contributed by atoms with E-state index in [1.807, 2.05) is 12.1 Å². The molecule has 0 saturated carbocycles. The molecule has 0 saturated heterocycles. The van der Waals surface area contributed by atoms with Crippen LogP contribution in [0.5, 0.6) is 0 Å². The molecule has 0 aliphatic carbocycles. The molecule has 0 unspecified atom stereocenters. The van der Waals surface area contributed by atoms with Crippen LogP contribution in [0, 0.1) is 0 Å². The number of unbranched alkanes of at least 4 members (excludes halogenated alkanes) is 20. The lowest BCUT2D eigenvalue weighted by atomic mass is 9.94. The fourth-order valence-corrected chi connectivity index (χ4v) is 6.89. The molecule has 0 amide bonds. The van der Waals surface area contributed by atoms with Gasteiger partial charge < -0.3 is 0 Å². The molecule has 3 nitrogen and oxygen atoms in total. The zero-order valence-electron chi connectivity index (χ0n) is 26.0. The fourth-order valence-electron chi connectivity index (χ4n) is 6.13. The first-order valence-corrected chi connectivity index (χ1v) is 18.4. The summed E-state index contributed by atoms with van der Waals surface area (Å²) in [5.74, 6) is 0. The number of fused-ring (bicyclic) bond motifs is 1.